The van der Waals surface area contributed by atoms with Crippen LogP contribution in [-0.4, -0.2) is 29.1 Å². The first-order valence-corrected chi connectivity index (χ1v) is 12.2. The van der Waals surface area contributed by atoms with Crippen molar-refractivity contribution in [2.24, 2.45) is 0 Å². The van der Waals surface area contributed by atoms with Gasteiger partial charge < -0.3 is 0 Å². The molecule has 9 heteroatoms. The van der Waals surface area contributed by atoms with Crippen LogP contribution < -0.4 is 4.72 Å². The van der Waals surface area contributed by atoms with Gasteiger partial charge in [-0.05, 0) is 91.1 Å². The molecule has 0 bridgehead atoms. The van der Waals surface area contributed by atoms with E-state index in [-0.39, 0.29) is 23.3 Å². The molecule has 0 unspecified atom stereocenters. The van der Waals surface area contributed by atoms with Gasteiger partial charge >= 0.3 is 0 Å². The molecule has 0 saturated heterocycles. The minimum absolute atomic E-state index is 0.165. The van der Waals surface area contributed by atoms with E-state index >= 15 is 0 Å². The number of benzene rings is 1. The van der Waals surface area contributed by atoms with Crippen LogP contribution in [0.1, 0.15) is 47.7 Å². The van der Waals surface area contributed by atoms with Gasteiger partial charge in [0.25, 0.3) is 10.0 Å². The van der Waals surface area contributed by atoms with Gasteiger partial charge in [0.05, 0.1) is 12.5 Å². The summed E-state index contributed by atoms with van der Waals surface area (Å²) in [6.45, 7) is 1.84. The van der Waals surface area contributed by atoms with Crippen molar-refractivity contribution in [2.75, 3.05) is 0 Å². The lowest BCUT2D eigenvalue weighted by Gasteiger charge is -2.16. The van der Waals surface area contributed by atoms with Crippen LogP contribution in [0.5, 0.6) is 0 Å². The molecule has 2 heterocycles. The minimum atomic E-state index is -4.09. The van der Waals surface area contributed by atoms with Gasteiger partial charge in [-0.15, -0.1) is 0 Å². The van der Waals surface area contributed by atoms with E-state index in [9.17, 15) is 17.6 Å². The number of fused-ring (bicyclic) bond motifs is 1. The predicted molar refractivity (Wildman–Crippen MR) is 116 cm³/mol. The molecule has 1 N–H and O–H groups in total. The molecule has 1 aromatic carbocycles. The van der Waals surface area contributed by atoms with Crippen LogP contribution in [-0.2, 0) is 34.1 Å². The van der Waals surface area contributed by atoms with Gasteiger partial charge in [-0.2, -0.15) is 13.5 Å². The summed E-state index contributed by atoms with van der Waals surface area (Å²) in [5.41, 5.74) is 4.21. The fraction of sp³-hybridized carbons (Fsp3) is 0.348. The number of carbonyl (C=O) groups excluding carboxylic acids is 1. The third-order valence-corrected chi connectivity index (χ3v) is 7.30. The zero-order chi connectivity index (χ0) is 22.5. The van der Waals surface area contributed by atoms with Gasteiger partial charge in [0.2, 0.25) is 5.91 Å². The number of carbonyl (C=O) groups is 1. The number of nitrogens with one attached hydrogen (secondary N) is 1. The maximum Gasteiger partial charge on any atom is 0.283 e. The lowest BCUT2D eigenvalue weighted by atomic mass is 9.90. The minimum Gasteiger partial charge on any atom is -0.274 e. The summed E-state index contributed by atoms with van der Waals surface area (Å²) >= 11 is 0. The summed E-state index contributed by atoms with van der Waals surface area (Å²) in [5.74, 6) is -0.955. The Bertz CT molecular complexity index is 1330. The maximum absolute atomic E-state index is 14.8. The molecule has 0 radical (unpaired) electrons. The van der Waals surface area contributed by atoms with Gasteiger partial charge in [-0.1, -0.05) is 0 Å². The largest absolute Gasteiger partial charge is 0.283 e. The summed E-state index contributed by atoms with van der Waals surface area (Å²) in [4.78, 5) is 17.0. The SMILES string of the molecule is Cc1cc(-c2cc(F)c3c(c2CC(=O)NS(=O)(=O)c2ccn(C4CC4)n2)CCC3)ccn1. The topological polar surface area (TPSA) is 94.0 Å². The van der Waals surface area contributed by atoms with E-state index in [2.05, 4.69) is 14.8 Å². The molecule has 166 valence electrons. The van der Waals surface area contributed by atoms with Crippen molar-refractivity contribution in [3.63, 3.8) is 0 Å². The molecule has 32 heavy (non-hydrogen) atoms. The summed E-state index contributed by atoms with van der Waals surface area (Å²) < 4.78 is 44.0. The number of hydrogen-bond donors (Lipinski definition) is 1. The summed E-state index contributed by atoms with van der Waals surface area (Å²) in [6.07, 6.45) is 7.11. The summed E-state index contributed by atoms with van der Waals surface area (Å²) in [7, 11) is -4.09. The van der Waals surface area contributed by atoms with E-state index in [1.54, 1.807) is 23.1 Å². The van der Waals surface area contributed by atoms with Crippen molar-refractivity contribution in [3.05, 3.63) is 64.9 Å². The average molecular weight is 455 g/mol. The number of aryl methyl sites for hydroxylation is 1. The quantitative estimate of drug-likeness (QED) is 0.617. The lowest BCUT2D eigenvalue weighted by molar-refractivity contribution is -0.118. The molecule has 1 amide bonds. The molecule has 0 atom stereocenters. The van der Waals surface area contributed by atoms with Crippen molar-refractivity contribution < 1.29 is 17.6 Å². The zero-order valence-corrected chi connectivity index (χ0v) is 18.5. The van der Waals surface area contributed by atoms with Gasteiger partial charge in [0.1, 0.15) is 5.82 Å². The van der Waals surface area contributed by atoms with Crippen molar-refractivity contribution in [2.45, 2.75) is 56.5 Å². The van der Waals surface area contributed by atoms with Crippen molar-refractivity contribution in [1.29, 1.82) is 0 Å². The van der Waals surface area contributed by atoms with Crippen molar-refractivity contribution in [1.82, 2.24) is 19.5 Å². The number of amides is 1. The van der Waals surface area contributed by atoms with Crippen LogP contribution in [0.4, 0.5) is 4.39 Å². The van der Waals surface area contributed by atoms with Gasteiger partial charge in [-0.25, -0.2) is 9.11 Å². The number of aromatic nitrogens is 3. The van der Waals surface area contributed by atoms with E-state index in [0.717, 1.165) is 36.1 Å². The third-order valence-electron chi connectivity index (χ3n) is 6.04. The van der Waals surface area contributed by atoms with Crippen LogP contribution in [0.25, 0.3) is 11.1 Å². The monoisotopic (exact) mass is 454 g/mol. The first-order chi connectivity index (χ1) is 15.3. The van der Waals surface area contributed by atoms with E-state index in [4.69, 9.17) is 0 Å². The third kappa shape index (κ3) is 3.92. The number of pyridine rings is 1. The Balaban J connectivity index is 1.46. The molecule has 2 aliphatic carbocycles. The molecular weight excluding hydrogens is 431 g/mol. The first-order valence-electron chi connectivity index (χ1n) is 10.7. The van der Waals surface area contributed by atoms with E-state index in [1.165, 1.54) is 12.1 Å². The number of nitrogens with zero attached hydrogens (tertiary/aromatic N) is 3. The molecule has 1 saturated carbocycles. The maximum atomic E-state index is 14.8. The summed E-state index contributed by atoms with van der Waals surface area (Å²) in [6, 6.07) is 6.69. The van der Waals surface area contributed by atoms with Crippen molar-refractivity contribution >= 4 is 15.9 Å². The fourth-order valence-electron chi connectivity index (χ4n) is 4.38. The Morgan fingerprint density at radius 3 is 2.75 bits per heavy atom. The van der Waals surface area contributed by atoms with E-state index in [0.29, 0.717) is 29.5 Å². The zero-order valence-electron chi connectivity index (χ0n) is 17.6. The Hall–Kier alpha value is -3.07. The second-order valence-corrected chi connectivity index (χ2v) is 10.1. The molecule has 7 nitrogen and oxygen atoms in total. The molecule has 3 aromatic rings. The normalized spacial score (nSPS) is 15.6. The Kier molecular flexibility index (Phi) is 5.08. The number of halogens is 1. The second kappa shape index (κ2) is 7.81. The lowest BCUT2D eigenvalue weighted by Crippen LogP contribution is -2.32. The smallest absolute Gasteiger partial charge is 0.274 e. The van der Waals surface area contributed by atoms with E-state index in [1.807, 2.05) is 13.0 Å². The van der Waals surface area contributed by atoms with Crippen molar-refractivity contribution in [3.8, 4) is 11.1 Å². The Morgan fingerprint density at radius 1 is 1.22 bits per heavy atom. The highest BCUT2D eigenvalue weighted by Gasteiger charge is 2.29. The molecule has 5 rings (SSSR count). The predicted octanol–water partition coefficient (Wildman–Crippen LogP) is 3.26. The highest BCUT2D eigenvalue weighted by molar-refractivity contribution is 7.90. The van der Waals surface area contributed by atoms with Crippen LogP contribution in [0.3, 0.4) is 0 Å². The van der Waals surface area contributed by atoms with Crippen LogP contribution in [0, 0.1) is 12.7 Å². The van der Waals surface area contributed by atoms with Gasteiger partial charge in [-0.3, -0.25) is 14.5 Å². The van der Waals surface area contributed by atoms with Gasteiger partial charge in [0.15, 0.2) is 5.03 Å². The molecule has 1 fully saturated rings. The highest BCUT2D eigenvalue weighted by atomic mass is 32.2. The molecule has 0 aliphatic heterocycles. The Labute approximate surface area is 185 Å². The summed E-state index contributed by atoms with van der Waals surface area (Å²) in [5, 5.41) is 3.93. The van der Waals surface area contributed by atoms with E-state index < -0.39 is 15.9 Å². The number of sulfonamides is 1. The Morgan fingerprint density at radius 2 is 2.00 bits per heavy atom. The molecule has 2 aromatic heterocycles. The standard InChI is InChI=1S/C23H23FN4O3S/c1-14-11-15(7-9-25-14)19-12-21(24)18-4-2-3-17(18)20(19)13-22(29)27-32(30,31)23-8-10-28(26-23)16-5-6-16/h7-12,16H,2-6,13H2,1H3,(H,27,29). The second-order valence-electron chi connectivity index (χ2n) is 8.45. The number of rotatable bonds is 6. The van der Waals surface area contributed by atoms with Crippen LogP contribution >= 0.6 is 0 Å². The number of hydrogen-bond acceptors (Lipinski definition) is 5. The van der Waals surface area contributed by atoms with Gasteiger partial charge in [0, 0.05) is 18.1 Å². The molecule has 0 spiro atoms. The van der Waals surface area contributed by atoms with Crippen LogP contribution in [0.15, 0.2) is 41.7 Å². The van der Waals surface area contributed by atoms with Crippen LogP contribution in [0.2, 0.25) is 0 Å². The molecular formula is C23H23FN4O3S. The molecule has 2 aliphatic rings. The fourth-order valence-corrected chi connectivity index (χ4v) is 5.30. The first kappa shape index (κ1) is 20.8. The average Bonchev–Trinajstić information content (AvgIpc) is 3.25. The highest BCUT2D eigenvalue weighted by Crippen LogP contribution is 2.36.